The van der Waals surface area contributed by atoms with Crippen LogP contribution in [0.3, 0.4) is 0 Å². The van der Waals surface area contributed by atoms with E-state index < -0.39 is 0 Å². The van der Waals surface area contributed by atoms with Crippen molar-refractivity contribution in [1.29, 1.82) is 0 Å². The van der Waals surface area contributed by atoms with E-state index in [-0.39, 0.29) is 0 Å². The Morgan fingerprint density at radius 1 is 1.22 bits per heavy atom. The van der Waals surface area contributed by atoms with Gasteiger partial charge in [0.25, 0.3) is 0 Å². The van der Waals surface area contributed by atoms with E-state index in [1.807, 2.05) is 5.01 Å². The number of hydrazine groups is 1. The lowest BCUT2D eigenvalue weighted by Crippen LogP contribution is -2.72. The first-order valence-corrected chi connectivity index (χ1v) is 3.38. The number of likely N-dealkylation sites (tertiary alicyclic amines) is 1. The predicted molar refractivity (Wildman–Crippen MR) is 35.7 cm³/mol. The Labute approximate surface area is 55.4 Å². The van der Waals surface area contributed by atoms with E-state index in [0.29, 0.717) is 5.41 Å². The molecule has 2 fully saturated rings. The molecule has 1 spiro atoms. The molecule has 2 N–H and O–H groups in total. The van der Waals surface area contributed by atoms with Crippen LogP contribution in [-0.2, 0) is 0 Å². The van der Waals surface area contributed by atoms with Gasteiger partial charge >= 0.3 is 0 Å². The molecule has 0 atom stereocenters. The molecule has 2 saturated heterocycles. The molecule has 52 valence electrons. The quantitative estimate of drug-likeness (QED) is 0.428. The summed E-state index contributed by atoms with van der Waals surface area (Å²) in [4.78, 5) is 2.34. The molecule has 3 heteroatoms. The summed E-state index contributed by atoms with van der Waals surface area (Å²) in [6, 6.07) is 0. The number of hydrogen-bond donors (Lipinski definition) is 1. The van der Waals surface area contributed by atoms with Gasteiger partial charge in [0.1, 0.15) is 0 Å². The van der Waals surface area contributed by atoms with E-state index in [0.717, 1.165) is 13.1 Å². The molecule has 0 unspecified atom stereocenters. The Hall–Kier alpha value is -0.120. The van der Waals surface area contributed by atoms with Gasteiger partial charge in [-0.15, -0.1) is 0 Å². The molecule has 0 aromatic carbocycles. The number of hydrogen-bond acceptors (Lipinski definition) is 3. The second-order valence-corrected chi connectivity index (χ2v) is 3.58. The number of rotatable bonds is 0. The van der Waals surface area contributed by atoms with Crippen LogP contribution in [0.5, 0.6) is 0 Å². The monoisotopic (exact) mass is 127 g/mol. The van der Waals surface area contributed by atoms with Gasteiger partial charge in [0.15, 0.2) is 0 Å². The molecule has 2 aliphatic heterocycles. The molecule has 0 bridgehead atoms. The minimum Gasteiger partial charge on any atom is -0.305 e. The smallest absolute Gasteiger partial charge is 0.0239 e. The Balaban J connectivity index is 1.87. The molecule has 2 heterocycles. The van der Waals surface area contributed by atoms with Crippen molar-refractivity contribution in [2.75, 3.05) is 33.2 Å². The van der Waals surface area contributed by atoms with Crippen molar-refractivity contribution >= 4 is 0 Å². The highest BCUT2D eigenvalue weighted by Gasteiger charge is 2.49. The molecule has 0 saturated carbocycles. The summed E-state index contributed by atoms with van der Waals surface area (Å²) in [6.07, 6.45) is 0. The zero-order valence-corrected chi connectivity index (χ0v) is 5.80. The zero-order chi connectivity index (χ0) is 6.48. The van der Waals surface area contributed by atoms with Crippen molar-refractivity contribution in [3.05, 3.63) is 0 Å². The van der Waals surface area contributed by atoms with E-state index in [9.17, 15) is 0 Å². The molecule has 3 nitrogen and oxygen atoms in total. The van der Waals surface area contributed by atoms with Crippen molar-refractivity contribution < 1.29 is 0 Å². The third-order valence-corrected chi connectivity index (χ3v) is 2.29. The van der Waals surface area contributed by atoms with Crippen LogP contribution < -0.4 is 5.84 Å². The summed E-state index contributed by atoms with van der Waals surface area (Å²) in [7, 11) is 2.16. The maximum Gasteiger partial charge on any atom is 0.0239 e. The van der Waals surface area contributed by atoms with Gasteiger partial charge in [-0.25, -0.2) is 5.01 Å². The summed E-state index contributed by atoms with van der Waals surface area (Å²) in [6.45, 7) is 4.72. The molecule has 0 aliphatic carbocycles. The van der Waals surface area contributed by atoms with Crippen LogP contribution >= 0.6 is 0 Å². The van der Waals surface area contributed by atoms with Crippen molar-refractivity contribution in [2.24, 2.45) is 11.3 Å². The van der Waals surface area contributed by atoms with Crippen LogP contribution in [0.1, 0.15) is 0 Å². The van der Waals surface area contributed by atoms with Gasteiger partial charge in [0.05, 0.1) is 0 Å². The standard InChI is InChI=1S/C6H13N3/c1-8-2-6(3-8)4-9(7)5-6/h2-5,7H2,1H3. The van der Waals surface area contributed by atoms with Gasteiger partial charge in [0, 0.05) is 31.6 Å². The second kappa shape index (κ2) is 1.48. The number of nitrogens with zero attached hydrogens (tertiary/aromatic N) is 2. The molecule has 0 radical (unpaired) electrons. The highest BCUT2D eigenvalue weighted by Crippen LogP contribution is 2.36. The molecule has 0 amide bonds. The van der Waals surface area contributed by atoms with E-state index in [1.54, 1.807) is 0 Å². The van der Waals surface area contributed by atoms with E-state index >= 15 is 0 Å². The zero-order valence-electron chi connectivity index (χ0n) is 5.80. The number of nitrogens with two attached hydrogens (primary N) is 1. The van der Waals surface area contributed by atoms with Gasteiger partial charge in [-0.1, -0.05) is 0 Å². The maximum atomic E-state index is 5.52. The molecule has 2 aliphatic rings. The van der Waals surface area contributed by atoms with Crippen molar-refractivity contribution in [3.8, 4) is 0 Å². The fourth-order valence-electron chi connectivity index (χ4n) is 2.11. The van der Waals surface area contributed by atoms with Crippen molar-refractivity contribution in [3.63, 3.8) is 0 Å². The highest BCUT2D eigenvalue weighted by atomic mass is 15.5. The lowest BCUT2D eigenvalue weighted by molar-refractivity contribution is -0.105. The lowest BCUT2D eigenvalue weighted by Gasteiger charge is -2.58. The van der Waals surface area contributed by atoms with Crippen LogP contribution in [0.25, 0.3) is 0 Å². The van der Waals surface area contributed by atoms with Gasteiger partial charge in [-0.05, 0) is 7.05 Å². The Morgan fingerprint density at radius 3 is 2.11 bits per heavy atom. The van der Waals surface area contributed by atoms with E-state index in [1.165, 1.54) is 13.1 Å². The Morgan fingerprint density at radius 2 is 1.78 bits per heavy atom. The molecule has 0 aromatic heterocycles. The second-order valence-electron chi connectivity index (χ2n) is 3.58. The largest absolute Gasteiger partial charge is 0.305 e. The summed E-state index contributed by atoms with van der Waals surface area (Å²) in [5.74, 6) is 5.52. The van der Waals surface area contributed by atoms with Crippen LogP contribution in [-0.4, -0.2) is 43.1 Å². The molecular weight excluding hydrogens is 114 g/mol. The normalized spacial score (nSPS) is 34.0. The van der Waals surface area contributed by atoms with Gasteiger partial charge < -0.3 is 4.90 Å². The average Bonchev–Trinajstić information content (AvgIpc) is 1.58. The topological polar surface area (TPSA) is 32.5 Å². The third kappa shape index (κ3) is 0.689. The highest BCUT2D eigenvalue weighted by molar-refractivity contribution is 5.02. The maximum absolute atomic E-state index is 5.52. The van der Waals surface area contributed by atoms with Crippen LogP contribution in [0.2, 0.25) is 0 Å². The van der Waals surface area contributed by atoms with E-state index in [4.69, 9.17) is 5.84 Å². The minimum absolute atomic E-state index is 0.615. The minimum atomic E-state index is 0.615. The van der Waals surface area contributed by atoms with Crippen molar-refractivity contribution in [1.82, 2.24) is 9.91 Å². The van der Waals surface area contributed by atoms with Crippen LogP contribution in [0.4, 0.5) is 0 Å². The molecule has 9 heavy (non-hydrogen) atoms. The SMILES string of the molecule is CN1CC2(C1)CN(N)C2. The fourth-order valence-corrected chi connectivity index (χ4v) is 2.11. The van der Waals surface area contributed by atoms with Crippen LogP contribution in [0, 0.1) is 5.41 Å². The van der Waals surface area contributed by atoms with E-state index in [2.05, 4.69) is 11.9 Å². The van der Waals surface area contributed by atoms with Gasteiger partial charge in [-0.3, -0.25) is 5.84 Å². The first kappa shape index (κ1) is 5.65. The van der Waals surface area contributed by atoms with Crippen LogP contribution in [0.15, 0.2) is 0 Å². The fraction of sp³-hybridized carbons (Fsp3) is 1.00. The summed E-state index contributed by atoms with van der Waals surface area (Å²) in [5, 5.41) is 1.90. The average molecular weight is 127 g/mol. The summed E-state index contributed by atoms with van der Waals surface area (Å²) >= 11 is 0. The molecule has 0 aromatic rings. The molecular formula is C6H13N3. The summed E-state index contributed by atoms with van der Waals surface area (Å²) < 4.78 is 0. The lowest BCUT2D eigenvalue weighted by atomic mass is 9.74. The first-order chi connectivity index (χ1) is 4.20. The van der Waals surface area contributed by atoms with Crippen molar-refractivity contribution in [2.45, 2.75) is 0 Å². The molecule has 2 rings (SSSR count). The Bertz CT molecular complexity index is 103. The first-order valence-electron chi connectivity index (χ1n) is 3.38. The summed E-state index contributed by atoms with van der Waals surface area (Å²) in [5.41, 5.74) is 0.615. The third-order valence-electron chi connectivity index (χ3n) is 2.29. The van der Waals surface area contributed by atoms with Gasteiger partial charge in [0.2, 0.25) is 0 Å². The predicted octanol–water partition coefficient (Wildman–Crippen LogP) is -0.892. The Kier molecular flexibility index (Phi) is 0.928. The van der Waals surface area contributed by atoms with Gasteiger partial charge in [-0.2, -0.15) is 0 Å².